The number of benzene rings is 1. The zero-order valence-corrected chi connectivity index (χ0v) is 26.3. The van der Waals surface area contributed by atoms with Crippen molar-refractivity contribution in [3.8, 4) is 23.0 Å². The number of ether oxygens (including phenoxy) is 2. The number of aryl methyl sites for hydroxylation is 2. The second kappa shape index (κ2) is 10.6. The van der Waals surface area contributed by atoms with Crippen LogP contribution < -0.4 is 14.4 Å². The van der Waals surface area contributed by atoms with Crippen LogP contribution in [0.3, 0.4) is 0 Å². The number of rotatable bonds is 5. The minimum atomic E-state index is -0.920. The highest BCUT2D eigenvalue weighted by atomic mass is 35.5. The van der Waals surface area contributed by atoms with Gasteiger partial charge in [0.1, 0.15) is 36.4 Å². The van der Waals surface area contributed by atoms with Gasteiger partial charge in [-0.05, 0) is 64.1 Å². The summed E-state index contributed by atoms with van der Waals surface area (Å²) in [4.78, 5) is 18.4. The van der Waals surface area contributed by atoms with E-state index in [0.29, 0.717) is 54.8 Å². The van der Waals surface area contributed by atoms with Crippen LogP contribution in [0.5, 0.6) is 11.8 Å². The molecule has 1 aromatic carbocycles. The van der Waals surface area contributed by atoms with Crippen molar-refractivity contribution < 1.29 is 27.8 Å². The van der Waals surface area contributed by atoms with Crippen molar-refractivity contribution in [1.82, 2.24) is 19.9 Å². The molecule has 8 rings (SSSR count). The van der Waals surface area contributed by atoms with E-state index < -0.39 is 35.9 Å². The number of hydrogen-bond donors (Lipinski definition) is 1. The van der Waals surface area contributed by atoms with E-state index >= 15 is 4.39 Å². The first kappa shape index (κ1) is 29.5. The molecule has 1 spiro atoms. The van der Waals surface area contributed by atoms with Crippen molar-refractivity contribution in [2.75, 3.05) is 31.1 Å². The number of piperidine rings is 1. The lowest BCUT2D eigenvalue weighted by Gasteiger charge is -2.53. The second-order valence-corrected chi connectivity index (χ2v) is 14.1. The molecule has 0 unspecified atom stereocenters. The summed E-state index contributed by atoms with van der Waals surface area (Å²) in [5.41, 5.74) is 0.223. The number of halogens is 4. The second-order valence-electron chi connectivity index (χ2n) is 13.7. The van der Waals surface area contributed by atoms with Crippen molar-refractivity contribution in [2.24, 2.45) is 0 Å². The summed E-state index contributed by atoms with van der Waals surface area (Å²) in [5.74, 6) is -0.0742. The molecule has 8 nitrogen and oxygen atoms in total. The van der Waals surface area contributed by atoms with Gasteiger partial charge in [0.15, 0.2) is 11.6 Å². The summed E-state index contributed by atoms with van der Waals surface area (Å²) >= 11 is 7.11. The van der Waals surface area contributed by atoms with Crippen molar-refractivity contribution in [3.63, 3.8) is 0 Å². The highest BCUT2D eigenvalue weighted by molar-refractivity contribution is 6.36. The smallest absolute Gasteiger partial charge is 0.319 e. The monoisotopic (exact) mass is 643 g/mol. The maximum atomic E-state index is 17.0. The molecule has 4 aliphatic heterocycles. The van der Waals surface area contributed by atoms with Gasteiger partial charge in [-0.3, -0.25) is 9.88 Å². The van der Waals surface area contributed by atoms with Crippen LogP contribution in [-0.2, 0) is 6.67 Å². The van der Waals surface area contributed by atoms with Gasteiger partial charge in [0, 0.05) is 43.6 Å². The number of aliphatic hydroxyl groups is 1. The third kappa shape index (κ3) is 4.43. The van der Waals surface area contributed by atoms with Gasteiger partial charge < -0.3 is 19.5 Å². The first-order valence-corrected chi connectivity index (χ1v) is 16.4. The lowest BCUT2D eigenvalue weighted by Crippen LogP contribution is -2.65. The first-order chi connectivity index (χ1) is 21.6. The summed E-state index contributed by atoms with van der Waals surface area (Å²) in [6.07, 6.45) is 4.15. The molecule has 4 fully saturated rings. The summed E-state index contributed by atoms with van der Waals surface area (Å²) in [6.45, 7) is 4.71. The van der Waals surface area contributed by atoms with E-state index in [4.69, 9.17) is 26.1 Å². The predicted molar refractivity (Wildman–Crippen MR) is 164 cm³/mol. The summed E-state index contributed by atoms with van der Waals surface area (Å²) in [6, 6.07) is 1.61. The molecule has 0 bridgehead atoms. The van der Waals surface area contributed by atoms with Crippen LogP contribution in [0.4, 0.5) is 19.0 Å². The average Bonchev–Trinajstić information content (AvgIpc) is 3.48. The Morgan fingerprint density at radius 3 is 2.73 bits per heavy atom. The molecule has 5 aliphatic rings. The van der Waals surface area contributed by atoms with E-state index in [0.717, 1.165) is 38.6 Å². The van der Waals surface area contributed by atoms with Crippen LogP contribution >= 0.6 is 11.6 Å². The topological polar surface area (TPSA) is 83.8 Å². The minimum absolute atomic E-state index is 0.00725. The number of alkyl halides is 2. The zero-order valence-electron chi connectivity index (χ0n) is 25.5. The number of pyridine rings is 1. The van der Waals surface area contributed by atoms with Gasteiger partial charge >= 0.3 is 6.01 Å². The number of nitrogens with zero attached hydrogens (tertiary/aromatic N) is 5. The molecule has 3 atom stereocenters. The molecular formula is C33H37ClF3N5O3. The lowest BCUT2D eigenvalue weighted by molar-refractivity contribution is -0.111. The fourth-order valence-electron chi connectivity index (χ4n) is 8.79. The Bertz CT molecular complexity index is 1700. The van der Waals surface area contributed by atoms with Gasteiger partial charge in [0.25, 0.3) is 0 Å². The van der Waals surface area contributed by atoms with Crippen LogP contribution in [0.15, 0.2) is 6.07 Å². The van der Waals surface area contributed by atoms with Crippen LogP contribution in [-0.4, -0.2) is 80.7 Å². The fraction of sp³-hybridized carbons (Fsp3) is 0.606. The summed E-state index contributed by atoms with van der Waals surface area (Å²) in [5, 5.41) is 10.8. The number of anilines is 1. The molecule has 45 heavy (non-hydrogen) atoms. The van der Waals surface area contributed by atoms with Crippen LogP contribution in [0.25, 0.3) is 22.2 Å². The normalized spacial score (nSPS) is 30.6. The van der Waals surface area contributed by atoms with Gasteiger partial charge in [-0.2, -0.15) is 9.97 Å². The Kier molecular flexibility index (Phi) is 6.93. The Hall–Kier alpha value is -2.89. The number of aliphatic hydroxyl groups excluding tert-OH is 1. The SMILES string of the molecule is Cc1cc(C)c(CF)c(-c2c(Cl)c3c4c(nc(OC[C@@]56CCCN5C[C@H](F)C6)nc4c2F)N2CCCC[C@H]2C2(CC(O)C2)O3)n1. The molecular weight excluding hydrogens is 607 g/mol. The maximum absolute atomic E-state index is 17.0. The first-order valence-electron chi connectivity index (χ1n) is 16.0. The van der Waals surface area contributed by atoms with E-state index in [1.165, 1.54) is 0 Å². The largest absolute Gasteiger partial charge is 0.482 e. The summed E-state index contributed by atoms with van der Waals surface area (Å²) in [7, 11) is 0. The molecule has 240 valence electrons. The molecule has 3 saturated heterocycles. The Balaban J connectivity index is 1.35. The zero-order chi connectivity index (χ0) is 31.2. The van der Waals surface area contributed by atoms with Gasteiger partial charge in [0.2, 0.25) is 0 Å². The van der Waals surface area contributed by atoms with E-state index in [2.05, 4.69) is 19.8 Å². The van der Waals surface area contributed by atoms with E-state index in [9.17, 15) is 13.9 Å². The third-order valence-electron chi connectivity index (χ3n) is 10.9. The van der Waals surface area contributed by atoms with Gasteiger partial charge in [-0.15, -0.1) is 0 Å². The van der Waals surface area contributed by atoms with Crippen molar-refractivity contribution in [3.05, 3.63) is 33.7 Å². The minimum Gasteiger partial charge on any atom is -0.482 e. The van der Waals surface area contributed by atoms with Crippen LogP contribution in [0.1, 0.15) is 68.2 Å². The average molecular weight is 644 g/mol. The number of fused-ring (bicyclic) bond motifs is 4. The highest BCUT2D eigenvalue weighted by Gasteiger charge is 2.57. The van der Waals surface area contributed by atoms with Gasteiger partial charge in [-0.1, -0.05) is 11.6 Å². The fourth-order valence-corrected chi connectivity index (χ4v) is 9.10. The molecule has 2 aromatic heterocycles. The Labute approximate surface area is 264 Å². The number of aromatic nitrogens is 3. The predicted octanol–water partition coefficient (Wildman–Crippen LogP) is 6.17. The molecule has 0 radical (unpaired) electrons. The number of hydrogen-bond acceptors (Lipinski definition) is 8. The summed E-state index contributed by atoms with van der Waals surface area (Å²) < 4.78 is 59.2. The Morgan fingerprint density at radius 2 is 1.96 bits per heavy atom. The van der Waals surface area contributed by atoms with E-state index in [1.54, 1.807) is 19.9 Å². The highest BCUT2D eigenvalue weighted by Crippen LogP contribution is 2.55. The standard InChI is InChI=1S/C33H37ClF3N5O3/c1-17-10-18(2)38-27(21(17)14-35)23-25(34)29-24-28(26(23)37)39-31(44-16-32-7-5-8-41(32)15-19(36)11-32)40-30(24)42-9-4-3-6-22(42)33(45-29)12-20(43)13-33/h10,19-20,22,43H,3-9,11-16H2,1-2H3/t19-,20?,22+,32+,33?/m1/s1. The van der Waals surface area contributed by atoms with Crippen LogP contribution in [0.2, 0.25) is 5.02 Å². The molecule has 12 heteroatoms. The van der Waals surface area contributed by atoms with Crippen molar-refractivity contribution >= 4 is 28.3 Å². The van der Waals surface area contributed by atoms with Crippen molar-refractivity contribution in [1.29, 1.82) is 0 Å². The molecule has 1 aliphatic carbocycles. The maximum Gasteiger partial charge on any atom is 0.319 e. The molecule has 1 N–H and O–H groups in total. The molecule has 3 aromatic rings. The van der Waals surface area contributed by atoms with Crippen molar-refractivity contribution in [2.45, 2.75) is 101 Å². The molecule has 1 saturated carbocycles. The molecule has 0 amide bonds. The van der Waals surface area contributed by atoms with Gasteiger partial charge in [0.05, 0.1) is 39.4 Å². The third-order valence-corrected chi connectivity index (χ3v) is 11.2. The van der Waals surface area contributed by atoms with Crippen LogP contribution in [0, 0.1) is 19.7 Å². The van der Waals surface area contributed by atoms with E-state index in [-0.39, 0.29) is 51.8 Å². The van der Waals surface area contributed by atoms with E-state index in [1.807, 2.05) is 0 Å². The Morgan fingerprint density at radius 1 is 1.13 bits per heavy atom. The quantitative estimate of drug-likeness (QED) is 0.354. The molecule has 6 heterocycles. The lowest BCUT2D eigenvalue weighted by atomic mass is 9.69. The van der Waals surface area contributed by atoms with Gasteiger partial charge in [-0.25, -0.2) is 13.2 Å².